The van der Waals surface area contributed by atoms with Crippen LogP contribution in [0.15, 0.2) is 17.0 Å². The second-order valence-electron chi connectivity index (χ2n) is 3.99. The summed E-state index contributed by atoms with van der Waals surface area (Å²) >= 11 is -2.45. The minimum absolute atomic E-state index is 0.0420. The number of carbonyl (C=O) groups is 1. The van der Waals surface area contributed by atoms with Gasteiger partial charge < -0.3 is 4.55 Å². The third-order valence-corrected chi connectivity index (χ3v) is 3.91. The fraction of sp³-hybridized carbons (Fsp3) is 0.300. The smallest absolute Gasteiger partial charge is 0.433 e. The second kappa shape index (κ2) is 6.47. The molecule has 0 aromatic heterocycles. The van der Waals surface area contributed by atoms with Gasteiger partial charge in [-0.1, -0.05) is 0 Å². The van der Waals surface area contributed by atoms with Crippen molar-refractivity contribution in [3.8, 4) is 0 Å². The van der Waals surface area contributed by atoms with Crippen LogP contribution in [0, 0.1) is 12.7 Å². The zero-order valence-electron chi connectivity index (χ0n) is 10.7. The van der Waals surface area contributed by atoms with Gasteiger partial charge in [0.05, 0.1) is 0 Å². The highest BCUT2D eigenvalue weighted by atomic mass is 32.2. The highest BCUT2D eigenvalue weighted by Crippen LogP contribution is 2.29. The van der Waals surface area contributed by atoms with Crippen LogP contribution in [0.4, 0.5) is 28.0 Å². The molecule has 0 fully saturated rings. The van der Waals surface area contributed by atoms with Gasteiger partial charge in [0.15, 0.2) is 4.90 Å². The first-order valence-electron chi connectivity index (χ1n) is 5.37. The van der Waals surface area contributed by atoms with Crippen molar-refractivity contribution in [1.29, 1.82) is 0 Å². The Morgan fingerprint density at radius 1 is 1.48 bits per heavy atom. The summed E-state index contributed by atoms with van der Waals surface area (Å²) < 4.78 is 62.2. The molecule has 5 N–H and O–H groups in total. The number of nitrogens with one attached hydrogen (secondary N) is 1. The Bertz CT molecular complexity index is 541. The first-order valence-corrected chi connectivity index (χ1v) is 6.69. The van der Waals surface area contributed by atoms with Crippen LogP contribution in [0.3, 0.4) is 0 Å². The fourth-order valence-electron chi connectivity index (χ4n) is 1.48. The monoisotopic (exact) mass is 328 g/mol. The first-order chi connectivity index (χ1) is 9.56. The van der Waals surface area contributed by atoms with Crippen molar-refractivity contribution in [3.05, 3.63) is 23.5 Å². The van der Waals surface area contributed by atoms with Gasteiger partial charge in [-0.15, -0.1) is 0 Å². The Morgan fingerprint density at radius 2 is 2.05 bits per heavy atom. The molecule has 1 aromatic rings. The minimum atomic E-state index is -4.65. The molecule has 0 radical (unpaired) electrons. The molecule has 11 heteroatoms. The molecule has 0 bridgehead atoms. The number of alkyl halides is 3. The molecule has 118 valence electrons. The number of hydrogen-bond donors (Lipinski definition) is 3. The average molecular weight is 328 g/mol. The number of carbonyl (C=O) groups excluding carboxylic acids is 1. The Balaban J connectivity index is 3.20. The van der Waals surface area contributed by atoms with Gasteiger partial charge in [-0.3, -0.25) is 5.43 Å². The SMILES string of the molecule is Cc1cc(F)c(N(N)C(=O)NN)cc1[S+]([O-])CC(F)(F)F. The van der Waals surface area contributed by atoms with Crippen LogP contribution in [0.5, 0.6) is 0 Å². The van der Waals surface area contributed by atoms with Crippen LogP contribution in [-0.2, 0) is 11.2 Å². The van der Waals surface area contributed by atoms with Crippen LogP contribution in [0.25, 0.3) is 0 Å². The number of hydrazine groups is 2. The predicted octanol–water partition coefficient (Wildman–Crippen LogP) is 1.07. The van der Waals surface area contributed by atoms with Gasteiger partial charge in [-0.25, -0.2) is 25.9 Å². The molecule has 0 aliphatic rings. The van der Waals surface area contributed by atoms with E-state index in [1.807, 2.05) is 0 Å². The zero-order valence-corrected chi connectivity index (χ0v) is 11.5. The van der Waals surface area contributed by atoms with E-state index in [0.29, 0.717) is 0 Å². The summed E-state index contributed by atoms with van der Waals surface area (Å²) in [5.74, 6) is 7.54. The molecule has 2 amide bonds. The quantitative estimate of drug-likeness (QED) is 0.253. The number of rotatable bonds is 3. The van der Waals surface area contributed by atoms with Crippen LogP contribution < -0.4 is 22.1 Å². The molecule has 1 unspecified atom stereocenters. The van der Waals surface area contributed by atoms with Gasteiger partial charge >= 0.3 is 12.2 Å². The summed E-state index contributed by atoms with van der Waals surface area (Å²) in [5.41, 5.74) is 1.13. The number of nitrogens with two attached hydrogens (primary N) is 2. The Labute approximate surface area is 120 Å². The predicted molar refractivity (Wildman–Crippen MR) is 67.9 cm³/mol. The maximum Gasteiger partial charge on any atom is 0.433 e. The third-order valence-electron chi connectivity index (χ3n) is 2.39. The number of benzene rings is 1. The summed E-state index contributed by atoms with van der Waals surface area (Å²) in [6, 6.07) is 0.565. The molecular weight excluding hydrogens is 316 g/mol. The number of amides is 2. The molecule has 0 spiro atoms. The van der Waals surface area contributed by atoms with E-state index in [-0.39, 0.29) is 15.5 Å². The fourth-order valence-corrected chi connectivity index (χ4v) is 2.59. The normalized spacial score (nSPS) is 13.0. The van der Waals surface area contributed by atoms with E-state index >= 15 is 0 Å². The molecule has 6 nitrogen and oxygen atoms in total. The van der Waals surface area contributed by atoms with E-state index in [4.69, 9.17) is 11.7 Å². The molecule has 1 aromatic carbocycles. The van der Waals surface area contributed by atoms with Gasteiger partial charge in [-0.2, -0.15) is 13.2 Å². The molecule has 21 heavy (non-hydrogen) atoms. The average Bonchev–Trinajstić information content (AvgIpc) is 2.34. The van der Waals surface area contributed by atoms with Crippen molar-refractivity contribution in [2.75, 3.05) is 10.8 Å². The number of nitrogens with zero attached hydrogens (tertiary/aromatic N) is 1. The molecule has 0 saturated heterocycles. The largest absolute Gasteiger partial charge is 0.611 e. The number of anilines is 1. The lowest BCUT2D eigenvalue weighted by Gasteiger charge is -2.19. The standard InChI is InChI=1S/C10H12F4N4O2S/c1-5-2-6(11)7(18(16)9(19)17-15)3-8(5)21(20)4-10(12,13)14/h2-3H,4,15-16H2,1H3,(H,17,19). The second-order valence-corrected chi connectivity index (χ2v) is 5.41. The molecule has 1 rings (SSSR count). The molecule has 1 atom stereocenters. The van der Waals surface area contributed by atoms with Crippen molar-refractivity contribution in [3.63, 3.8) is 0 Å². The number of hydrogen-bond acceptors (Lipinski definition) is 4. The molecule has 0 aliphatic carbocycles. The maximum absolute atomic E-state index is 13.7. The van der Waals surface area contributed by atoms with Crippen molar-refractivity contribution >= 4 is 22.9 Å². The van der Waals surface area contributed by atoms with Crippen LogP contribution in [0.1, 0.15) is 5.56 Å². The summed E-state index contributed by atoms with van der Waals surface area (Å²) in [6.07, 6.45) is -4.65. The lowest BCUT2D eigenvalue weighted by atomic mass is 10.2. The topological polar surface area (TPSA) is 107 Å². The summed E-state index contributed by atoms with van der Waals surface area (Å²) in [7, 11) is 0. The van der Waals surface area contributed by atoms with E-state index in [2.05, 4.69) is 0 Å². The lowest BCUT2D eigenvalue weighted by molar-refractivity contribution is -0.106. The lowest BCUT2D eigenvalue weighted by Crippen LogP contribution is -2.48. The van der Waals surface area contributed by atoms with Crippen molar-refractivity contribution in [1.82, 2.24) is 5.43 Å². The van der Waals surface area contributed by atoms with Crippen LogP contribution >= 0.6 is 0 Å². The third kappa shape index (κ3) is 4.46. The Hall–Kier alpha value is -1.56. The maximum atomic E-state index is 13.7. The highest BCUT2D eigenvalue weighted by molar-refractivity contribution is 7.91. The van der Waals surface area contributed by atoms with E-state index in [9.17, 15) is 26.9 Å². The number of aryl methyl sites for hydroxylation is 1. The van der Waals surface area contributed by atoms with Gasteiger partial charge in [0, 0.05) is 11.6 Å². The molecule has 0 aliphatic heterocycles. The Kier molecular flexibility index (Phi) is 5.39. The minimum Gasteiger partial charge on any atom is -0.611 e. The molecular formula is C10H12F4N4O2S. The summed E-state index contributed by atoms with van der Waals surface area (Å²) in [4.78, 5) is 10.9. The molecule has 0 saturated carbocycles. The summed E-state index contributed by atoms with van der Waals surface area (Å²) in [6.45, 7) is 1.29. The van der Waals surface area contributed by atoms with Gasteiger partial charge in [0.2, 0.25) is 5.75 Å². The van der Waals surface area contributed by atoms with Crippen molar-refractivity contribution in [2.24, 2.45) is 11.7 Å². The van der Waals surface area contributed by atoms with Crippen molar-refractivity contribution < 1.29 is 26.9 Å². The van der Waals surface area contributed by atoms with Gasteiger partial charge in [0.25, 0.3) is 0 Å². The first kappa shape index (κ1) is 17.5. The van der Waals surface area contributed by atoms with Crippen LogP contribution in [-0.4, -0.2) is 22.5 Å². The summed E-state index contributed by atoms with van der Waals surface area (Å²) in [5, 5.41) is 0.267. The van der Waals surface area contributed by atoms with E-state index in [1.54, 1.807) is 5.43 Å². The van der Waals surface area contributed by atoms with E-state index in [0.717, 1.165) is 12.1 Å². The van der Waals surface area contributed by atoms with Gasteiger partial charge in [-0.05, 0) is 24.2 Å². The molecule has 0 heterocycles. The zero-order chi connectivity index (χ0) is 16.4. The Morgan fingerprint density at radius 3 is 2.52 bits per heavy atom. The van der Waals surface area contributed by atoms with Gasteiger partial charge in [0.1, 0.15) is 11.5 Å². The number of urea groups is 1. The highest BCUT2D eigenvalue weighted by Gasteiger charge is 2.36. The van der Waals surface area contributed by atoms with E-state index in [1.165, 1.54) is 6.92 Å². The van der Waals surface area contributed by atoms with E-state index < -0.39 is 40.6 Å². The number of halogens is 4. The van der Waals surface area contributed by atoms with Crippen LogP contribution in [0.2, 0.25) is 0 Å². The van der Waals surface area contributed by atoms with Crippen molar-refractivity contribution in [2.45, 2.75) is 18.0 Å².